The van der Waals surface area contributed by atoms with Crippen molar-refractivity contribution in [3.05, 3.63) is 63.9 Å². The van der Waals surface area contributed by atoms with E-state index in [-0.39, 0.29) is 11.9 Å². The van der Waals surface area contributed by atoms with Gasteiger partial charge in [0.1, 0.15) is 0 Å². The molecule has 3 aromatic rings. The number of hydrogen-bond acceptors (Lipinski definition) is 1. The van der Waals surface area contributed by atoms with Crippen LogP contribution in [0.1, 0.15) is 48.6 Å². The molecule has 146 valence electrons. The summed E-state index contributed by atoms with van der Waals surface area (Å²) in [4.78, 5) is 15.6. The highest BCUT2D eigenvalue weighted by molar-refractivity contribution is 5.98. The van der Waals surface area contributed by atoms with Gasteiger partial charge in [-0.1, -0.05) is 6.07 Å². The first-order chi connectivity index (χ1) is 13.2. The first-order valence-corrected chi connectivity index (χ1v) is 9.87. The Morgan fingerprint density at radius 3 is 2.25 bits per heavy atom. The predicted molar refractivity (Wildman–Crippen MR) is 120 cm³/mol. The molecule has 2 N–H and O–H groups in total. The molecule has 0 atom stereocenters. The fourth-order valence-electron chi connectivity index (χ4n) is 3.86. The predicted octanol–water partition coefficient (Wildman–Crippen LogP) is 6.00. The average Bonchev–Trinajstić information content (AvgIpc) is 3.11. The Hall–Kier alpha value is -2.81. The van der Waals surface area contributed by atoms with Crippen LogP contribution >= 0.6 is 0 Å². The number of amides is 1. The van der Waals surface area contributed by atoms with Crippen LogP contribution in [0.25, 0.3) is 28.1 Å². The lowest BCUT2D eigenvalue weighted by atomic mass is 9.85. The minimum atomic E-state index is -0.00825. The number of carbonyl (C=O) groups excluding carboxylic acids is 1. The van der Waals surface area contributed by atoms with Crippen LogP contribution in [-0.4, -0.2) is 16.9 Å². The summed E-state index contributed by atoms with van der Waals surface area (Å²) in [5.74, 6) is -0.00825. The standard InChI is InChI=1S/C25H30N2O/c1-14(2)27-25(28)15(3)12-22-16(4)18(6)24(19(7)17(22)5)21-8-9-23-20(13-21)10-11-26-23/h8-14,26H,1-7H3,(H,27,28). The molecule has 1 amide bonds. The molecule has 1 heterocycles. The van der Waals surface area contributed by atoms with Crippen molar-refractivity contribution < 1.29 is 4.79 Å². The van der Waals surface area contributed by atoms with Gasteiger partial charge >= 0.3 is 0 Å². The van der Waals surface area contributed by atoms with Gasteiger partial charge in [0.15, 0.2) is 0 Å². The van der Waals surface area contributed by atoms with Crippen molar-refractivity contribution in [1.82, 2.24) is 10.3 Å². The van der Waals surface area contributed by atoms with E-state index in [1.807, 2.05) is 33.0 Å². The monoisotopic (exact) mass is 374 g/mol. The number of fused-ring (bicyclic) bond motifs is 1. The molecule has 0 radical (unpaired) electrons. The Kier molecular flexibility index (Phi) is 5.46. The molecule has 0 unspecified atom stereocenters. The molecule has 0 fully saturated rings. The Morgan fingerprint density at radius 2 is 1.64 bits per heavy atom. The maximum absolute atomic E-state index is 12.4. The summed E-state index contributed by atoms with van der Waals surface area (Å²) in [5, 5.41) is 4.19. The molecule has 28 heavy (non-hydrogen) atoms. The Bertz CT molecular complexity index is 1050. The highest BCUT2D eigenvalue weighted by Crippen LogP contribution is 2.36. The molecule has 3 nitrogen and oxygen atoms in total. The molecule has 3 heteroatoms. The minimum absolute atomic E-state index is 0.00825. The fraction of sp³-hybridized carbons (Fsp3) is 0.320. The normalized spacial score (nSPS) is 12.1. The number of aromatic nitrogens is 1. The van der Waals surface area contributed by atoms with Crippen LogP contribution in [0.5, 0.6) is 0 Å². The van der Waals surface area contributed by atoms with Crippen molar-refractivity contribution in [2.24, 2.45) is 0 Å². The highest BCUT2D eigenvalue weighted by atomic mass is 16.1. The zero-order valence-electron chi connectivity index (χ0n) is 17.9. The second-order valence-electron chi connectivity index (χ2n) is 8.02. The second kappa shape index (κ2) is 7.67. The maximum Gasteiger partial charge on any atom is 0.247 e. The molecular weight excluding hydrogens is 344 g/mol. The average molecular weight is 375 g/mol. The van der Waals surface area contributed by atoms with E-state index in [1.165, 1.54) is 38.8 Å². The van der Waals surface area contributed by atoms with E-state index in [1.54, 1.807) is 0 Å². The minimum Gasteiger partial charge on any atom is -0.361 e. The van der Waals surface area contributed by atoms with Gasteiger partial charge in [0, 0.05) is 23.3 Å². The SMILES string of the molecule is CC(=Cc1c(C)c(C)c(-c2ccc3[nH]ccc3c2)c(C)c1C)C(=O)NC(C)C. The lowest BCUT2D eigenvalue weighted by Gasteiger charge is -2.20. The summed E-state index contributed by atoms with van der Waals surface area (Å²) in [6.45, 7) is 14.5. The molecule has 0 aliphatic rings. The lowest BCUT2D eigenvalue weighted by molar-refractivity contribution is -0.117. The van der Waals surface area contributed by atoms with Crippen molar-refractivity contribution in [3.63, 3.8) is 0 Å². The third-order valence-corrected chi connectivity index (χ3v) is 5.66. The number of hydrogen-bond donors (Lipinski definition) is 2. The van der Waals surface area contributed by atoms with Crippen molar-refractivity contribution >= 4 is 22.9 Å². The van der Waals surface area contributed by atoms with Gasteiger partial charge in [-0.2, -0.15) is 0 Å². The molecule has 2 aromatic carbocycles. The van der Waals surface area contributed by atoms with Gasteiger partial charge in [-0.25, -0.2) is 0 Å². The van der Waals surface area contributed by atoms with Gasteiger partial charge in [0.2, 0.25) is 5.91 Å². The zero-order valence-corrected chi connectivity index (χ0v) is 17.9. The topological polar surface area (TPSA) is 44.9 Å². The molecule has 0 aliphatic carbocycles. The second-order valence-corrected chi connectivity index (χ2v) is 8.02. The van der Waals surface area contributed by atoms with Crippen molar-refractivity contribution in [3.8, 4) is 11.1 Å². The van der Waals surface area contributed by atoms with Crippen LogP contribution < -0.4 is 5.32 Å². The van der Waals surface area contributed by atoms with Gasteiger partial charge in [-0.3, -0.25) is 4.79 Å². The van der Waals surface area contributed by atoms with Crippen LogP contribution in [0, 0.1) is 27.7 Å². The van der Waals surface area contributed by atoms with E-state index < -0.39 is 0 Å². The van der Waals surface area contributed by atoms with Gasteiger partial charge in [0.25, 0.3) is 0 Å². The third-order valence-electron chi connectivity index (χ3n) is 5.66. The van der Waals surface area contributed by atoms with Crippen LogP contribution in [0.15, 0.2) is 36.0 Å². The fourth-order valence-corrected chi connectivity index (χ4v) is 3.86. The van der Waals surface area contributed by atoms with E-state index in [9.17, 15) is 4.79 Å². The number of nitrogens with one attached hydrogen (secondary N) is 2. The maximum atomic E-state index is 12.4. The first-order valence-electron chi connectivity index (χ1n) is 9.87. The van der Waals surface area contributed by atoms with E-state index >= 15 is 0 Å². The molecule has 0 spiro atoms. The summed E-state index contributed by atoms with van der Waals surface area (Å²) < 4.78 is 0. The quantitative estimate of drug-likeness (QED) is 0.541. The number of aromatic amines is 1. The van der Waals surface area contributed by atoms with E-state index in [0.717, 1.165) is 16.7 Å². The van der Waals surface area contributed by atoms with Crippen molar-refractivity contribution in [2.75, 3.05) is 0 Å². The summed E-state index contributed by atoms with van der Waals surface area (Å²) in [7, 11) is 0. The summed E-state index contributed by atoms with van der Waals surface area (Å²) >= 11 is 0. The zero-order chi connectivity index (χ0) is 20.6. The number of benzene rings is 2. The molecule has 0 saturated carbocycles. The van der Waals surface area contributed by atoms with Crippen LogP contribution in [0.2, 0.25) is 0 Å². The Balaban J connectivity index is 2.13. The summed E-state index contributed by atoms with van der Waals surface area (Å²) in [6, 6.07) is 8.81. The van der Waals surface area contributed by atoms with E-state index in [0.29, 0.717) is 0 Å². The van der Waals surface area contributed by atoms with Gasteiger partial charge in [-0.05, 0) is 117 Å². The highest BCUT2D eigenvalue weighted by Gasteiger charge is 2.16. The Labute approximate surface area is 167 Å². The smallest absolute Gasteiger partial charge is 0.247 e. The first kappa shape index (κ1) is 19.9. The van der Waals surface area contributed by atoms with Gasteiger partial charge in [-0.15, -0.1) is 0 Å². The summed E-state index contributed by atoms with van der Waals surface area (Å²) in [6.07, 6.45) is 4.01. The molecular formula is C25H30N2O. The third kappa shape index (κ3) is 3.62. The summed E-state index contributed by atoms with van der Waals surface area (Å²) in [5.41, 5.74) is 10.5. The van der Waals surface area contributed by atoms with Crippen LogP contribution in [-0.2, 0) is 4.79 Å². The van der Waals surface area contributed by atoms with E-state index in [4.69, 9.17) is 0 Å². The van der Waals surface area contributed by atoms with Crippen LogP contribution in [0.4, 0.5) is 0 Å². The number of rotatable bonds is 4. The van der Waals surface area contributed by atoms with Crippen LogP contribution in [0.3, 0.4) is 0 Å². The molecule has 0 aliphatic heterocycles. The molecule has 3 rings (SSSR count). The molecule has 1 aromatic heterocycles. The van der Waals surface area contributed by atoms with Gasteiger partial charge < -0.3 is 10.3 Å². The van der Waals surface area contributed by atoms with Crippen molar-refractivity contribution in [1.29, 1.82) is 0 Å². The lowest BCUT2D eigenvalue weighted by Crippen LogP contribution is -2.30. The number of H-pyrrole nitrogens is 1. The van der Waals surface area contributed by atoms with E-state index in [2.05, 4.69) is 62.3 Å². The Morgan fingerprint density at radius 1 is 1.00 bits per heavy atom. The molecule has 0 saturated heterocycles. The molecule has 0 bridgehead atoms. The largest absolute Gasteiger partial charge is 0.361 e. The van der Waals surface area contributed by atoms with Gasteiger partial charge in [0.05, 0.1) is 0 Å². The number of carbonyl (C=O) groups is 1. The van der Waals surface area contributed by atoms with Crippen molar-refractivity contribution in [2.45, 2.75) is 54.5 Å².